The normalized spacial score (nSPS) is 12.1. The molecule has 3 aromatic rings. The molecule has 3 rings (SSSR count). The van der Waals surface area contributed by atoms with Gasteiger partial charge in [0.05, 0.1) is 12.3 Å². The third-order valence-electron chi connectivity index (χ3n) is 4.33. The first-order chi connectivity index (χ1) is 14.5. The number of benzene rings is 2. The van der Waals surface area contributed by atoms with Gasteiger partial charge in [-0.3, -0.25) is 9.59 Å². The van der Waals surface area contributed by atoms with Crippen LogP contribution in [0.5, 0.6) is 5.75 Å². The van der Waals surface area contributed by atoms with Gasteiger partial charge >= 0.3 is 0 Å². The molecule has 0 saturated heterocycles. The van der Waals surface area contributed by atoms with Crippen LogP contribution < -0.4 is 15.4 Å². The topological polar surface area (TPSA) is 80.6 Å². The van der Waals surface area contributed by atoms with Crippen molar-refractivity contribution < 1.29 is 18.7 Å². The maximum atomic E-state index is 12.9. The maximum absolute atomic E-state index is 12.9. The van der Waals surface area contributed by atoms with Gasteiger partial charge in [-0.15, -0.1) is 0 Å². The Kier molecular flexibility index (Phi) is 7.05. The number of furan rings is 1. The van der Waals surface area contributed by atoms with E-state index < -0.39 is 5.91 Å². The lowest BCUT2D eigenvalue weighted by Gasteiger charge is -2.17. The van der Waals surface area contributed by atoms with E-state index in [-0.39, 0.29) is 24.3 Å². The number of aryl methyl sites for hydroxylation is 1. The largest absolute Gasteiger partial charge is 0.491 e. The molecule has 2 N–H and O–H groups in total. The lowest BCUT2D eigenvalue weighted by molar-refractivity contribution is -0.118. The van der Waals surface area contributed by atoms with Crippen LogP contribution in [-0.4, -0.2) is 24.5 Å². The fourth-order valence-corrected chi connectivity index (χ4v) is 2.77. The van der Waals surface area contributed by atoms with E-state index in [0.29, 0.717) is 11.3 Å². The molecular weight excluding hydrogens is 380 g/mol. The number of carbonyl (C=O) groups is 2. The van der Waals surface area contributed by atoms with Crippen molar-refractivity contribution in [2.75, 3.05) is 6.61 Å². The van der Waals surface area contributed by atoms with Crippen molar-refractivity contribution >= 4 is 17.9 Å². The van der Waals surface area contributed by atoms with E-state index in [9.17, 15) is 9.59 Å². The van der Waals surface area contributed by atoms with Gasteiger partial charge in [0, 0.05) is 11.6 Å². The summed E-state index contributed by atoms with van der Waals surface area (Å²) in [7, 11) is 0. The highest BCUT2D eigenvalue weighted by molar-refractivity contribution is 6.05. The number of para-hydroxylation sites is 1. The van der Waals surface area contributed by atoms with Crippen molar-refractivity contribution in [3.05, 3.63) is 95.6 Å². The van der Waals surface area contributed by atoms with Crippen molar-refractivity contribution in [1.82, 2.24) is 10.6 Å². The summed E-state index contributed by atoms with van der Waals surface area (Å²) in [5, 5.41) is 5.55. The average molecular weight is 404 g/mol. The Morgan fingerprint density at radius 2 is 1.77 bits per heavy atom. The van der Waals surface area contributed by atoms with E-state index in [1.165, 1.54) is 12.3 Å². The molecule has 1 aromatic heterocycles. The Morgan fingerprint density at radius 3 is 2.47 bits per heavy atom. The van der Waals surface area contributed by atoms with Crippen LogP contribution in [-0.2, 0) is 4.79 Å². The van der Waals surface area contributed by atoms with Gasteiger partial charge in [-0.2, -0.15) is 0 Å². The van der Waals surface area contributed by atoms with E-state index >= 15 is 0 Å². The minimum absolute atomic E-state index is 0.0877. The summed E-state index contributed by atoms with van der Waals surface area (Å²) in [4.78, 5) is 25.6. The van der Waals surface area contributed by atoms with Crippen LogP contribution in [0.2, 0.25) is 0 Å². The molecule has 0 bridgehead atoms. The SMILES string of the molecule is Cc1ccccc1C(=O)N/C(=C\c1ccco1)C(=O)N[C@@H](C)COc1ccccc1. The summed E-state index contributed by atoms with van der Waals surface area (Å²) < 4.78 is 11.0. The molecule has 0 spiro atoms. The molecule has 6 heteroatoms. The van der Waals surface area contributed by atoms with Crippen LogP contribution in [0.1, 0.15) is 28.6 Å². The Balaban J connectivity index is 1.69. The van der Waals surface area contributed by atoms with Gasteiger partial charge in [0.15, 0.2) is 0 Å². The van der Waals surface area contributed by atoms with Gasteiger partial charge in [0.2, 0.25) is 0 Å². The van der Waals surface area contributed by atoms with Crippen molar-refractivity contribution in [3.8, 4) is 5.75 Å². The van der Waals surface area contributed by atoms with Gasteiger partial charge in [-0.25, -0.2) is 0 Å². The number of amides is 2. The fourth-order valence-electron chi connectivity index (χ4n) is 2.77. The Bertz CT molecular complexity index is 1010. The van der Waals surface area contributed by atoms with Crippen molar-refractivity contribution in [1.29, 1.82) is 0 Å². The summed E-state index contributed by atoms with van der Waals surface area (Å²) in [5.41, 5.74) is 1.40. The van der Waals surface area contributed by atoms with Gasteiger partial charge in [-0.05, 0) is 49.7 Å². The van der Waals surface area contributed by atoms with Crippen molar-refractivity contribution in [3.63, 3.8) is 0 Å². The molecule has 0 unspecified atom stereocenters. The van der Waals surface area contributed by atoms with Crippen LogP contribution in [0.15, 0.2) is 83.1 Å². The van der Waals surface area contributed by atoms with Crippen LogP contribution in [0.4, 0.5) is 0 Å². The molecule has 6 nitrogen and oxygen atoms in total. The molecule has 1 heterocycles. The molecule has 0 aliphatic carbocycles. The summed E-state index contributed by atoms with van der Waals surface area (Å²) >= 11 is 0. The third kappa shape index (κ3) is 5.85. The minimum Gasteiger partial charge on any atom is -0.491 e. The molecule has 154 valence electrons. The first-order valence-corrected chi connectivity index (χ1v) is 9.64. The Morgan fingerprint density at radius 1 is 1.03 bits per heavy atom. The van der Waals surface area contributed by atoms with Crippen LogP contribution >= 0.6 is 0 Å². The second-order valence-electron chi connectivity index (χ2n) is 6.84. The predicted molar refractivity (Wildman–Crippen MR) is 115 cm³/mol. The lowest BCUT2D eigenvalue weighted by atomic mass is 10.1. The summed E-state index contributed by atoms with van der Waals surface area (Å²) in [6, 6.07) is 19.7. The molecule has 1 atom stereocenters. The lowest BCUT2D eigenvalue weighted by Crippen LogP contribution is -2.41. The van der Waals surface area contributed by atoms with Gasteiger partial charge in [0.1, 0.15) is 23.8 Å². The van der Waals surface area contributed by atoms with Gasteiger partial charge < -0.3 is 19.8 Å². The minimum atomic E-state index is -0.433. The van der Waals surface area contributed by atoms with E-state index in [4.69, 9.17) is 9.15 Å². The second-order valence-corrected chi connectivity index (χ2v) is 6.84. The van der Waals surface area contributed by atoms with E-state index in [1.54, 1.807) is 24.3 Å². The molecule has 0 saturated carbocycles. The van der Waals surface area contributed by atoms with Gasteiger partial charge in [-0.1, -0.05) is 36.4 Å². The summed E-state index contributed by atoms with van der Waals surface area (Å²) in [6.45, 7) is 3.96. The highest BCUT2D eigenvalue weighted by Crippen LogP contribution is 2.11. The fraction of sp³-hybridized carbons (Fsp3) is 0.167. The van der Waals surface area contributed by atoms with E-state index in [2.05, 4.69) is 10.6 Å². The Labute approximate surface area is 175 Å². The number of nitrogens with one attached hydrogen (secondary N) is 2. The smallest absolute Gasteiger partial charge is 0.268 e. The first-order valence-electron chi connectivity index (χ1n) is 9.64. The Hall–Kier alpha value is -3.80. The van der Waals surface area contributed by atoms with Crippen LogP contribution in [0, 0.1) is 6.92 Å². The van der Waals surface area contributed by atoms with E-state index in [0.717, 1.165) is 11.3 Å². The molecule has 2 amide bonds. The van der Waals surface area contributed by atoms with Crippen molar-refractivity contribution in [2.45, 2.75) is 19.9 Å². The molecule has 2 aromatic carbocycles. The molecule has 0 radical (unpaired) electrons. The number of rotatable bonds is 8. The third-order valence-corrected chi connectivity index (χ3v) is 4.33. The molecule has 0 fully saturated rings. The predicted octanol–water partition coefficient (Wildman–Crippen LogP) is 3.94. The van der Waals surface area contributed by atoms with Crippen LogP contribution in [0.3, 0.4) is 0 Å². The number of carbonyl (C=O) groups excluding carboxylic acids is 2. The number of hydrogen-bond acceptors (Lipinski definition) is 4. The van der Waals surface area contributed by atoms with Crippen LogP contribution in [0.25, 0.3) is 6.08 Å². The zero-order valence-corrected chi connectivity index (χ0v) is 16.9. The standard InChI is InChI=1S/C24H24N2O4/c1-17-9-6-7-13-21(17)23(27)26-22(15-20-12-8-14-29-20)24(28)25-18(2)16-30-19-10-4-3-5-11-19/h3-15,18H,16H2,1-2H3,(H,25,28)(H,26,27)/b22-15-/t18-/m0/s1. The molecule has 30 heavy (non-hydrogen) atoms. The highest BCUT2D eigenvalue weighted by Gasteiger charge is 2.18. The zero-order valence-electron chi connectivity index (χ0n) is 16.9. The first kappa shape index (κ1) is 20.9. The van der Waals surface area contributed by atoms with Crippen molar-refractivity contribution in [2.24, 2.45) is 0 Å². The molecule has 0 aliphatic rings. The number of hydrogen-bond donors (Lipinski definition) is 2. The van der Waals surface area contributed by atoms with Gasteiger partial charge in [0.25, 0.3) is 11.8 Å². The monoisotopic (exact) mass is 404 g/mol. The average Bonchev–Trinajstić information content (AvgIpc) is 3.26. The molecular formula is C24H24N2O4. The summed E-state index contributed by atoms with van der Waals surface area (Å²) in [6.07, 6.45) is 3.00. The maximum Gasteiger partial charge on any atom is 0.268 e. The quantitative estimate of drug-likeness (QED) is 0.557. The highest BCUT2D eigenvalue weighted by atomic mass is 16.5. The summed E-state index contributed by atoms with van der Waals surface area (Å²) in [5.74, 6) is 0.378. The number of ether oxygens (including phenoxy) is 1. The zero-order chi connectivity index (χ0) is 21.3. The second kappa shape index (κ2) is 10.1. The molecule has 0 aliphatic heterocycles. The van der Waals surface area contributed by atoms with E-state index in [1.807, 2.05) is 56.3 Å².